The molecule has 7 atom stereocenters. The summed E-state index contributed by atoms with van der Waals surface area (Å²) in [5.74, 6) is -1.16. The number of hydrogen-bond acceptors (Lipinski definition) is 12. The number of oxime groups is 1. The largest absolute Gasteiger partial charge is 0.459 e. The molecule has 0 bridgehead atoms. The number of amides is 1. The molecule has 0 radical (unpaired) electrons. The lowest BCUT2D eigenvalue weighted by Crippen LogP contribution is -2.70. The van der Waals surface area contributed by atoms with E-state index in [1.165, 1.54) is 12.1 Å². The first-order chi connectivity index (χ1) is 32.3. The van der Waals surface area contributed by atoms with Crippen LogP contribution < -0.4 is 9.47 Å². The van der Waals surface area contributed by atoms with Crippen molar-refractivity contribution in [1.29, 1.82) is 0 Å². The standard InChI is InChI=1S/C52H61N3O11/c1-3-28-63-52-47(54(51(58)61-4-2)34-37-18-13-17-35-15-5-6-21-41(35)37)33-45(53-66-48-23-9-12-29-62-48)43-30-36(16-7-10-26-56)42(22-8-11-27-57)49(50(43)52)44-32-40(24-25-46(44)65-52)64-39-20-14-19-38(31-39)55(59)60/h3,5-6,13-15,17-21,24-25,30-32,36,42,47-50,56-57H,1,4,7-12,16,22-23,26-29,33-34H2,2H3. The minimum absolute atomic E-state index is 0.000387. The lowest BCUT2D eigenvalue weighted by Gasteiger charge is -2.60. The minimum Gasteiger partial charge on any atom is -0.459 e. The number of non-ortho nitro benzene ring substituents is 1. The predicted molar refractivity (Wildman–Crippen MR) is 249 cm³/mol. The maximum Gasteiger partial charge on any atom is 0.410 e. The van der Waals surface area contributed by atoms with Crippen LogP contribution in [0.1, 0.15) is 88.2 Å². The Morgan fingerprint density at radius 1 is 0.985 bits per heavy atom. The van der Waals surface area contributed by atoms with Crippen LogP contribution >= 0.6 is 0 Å². The van der Waals surface area contributed by atoms with Gasteiger partial charge < -0.3 is 38.7 Å². The van der Waals surface area contributed by atoms with Gasteiger partial charge in [-0.3, -0.25) is 15.0 Å². The number of nitro benzene ring substituents is 1. The van der Waals surface area contributed by atoms with E-state index in [1.807, 2.05) is 48.5 Å². The average Bonchev–Trinajstić information content (AvgIpc) is 3.33. The Balaban J connectivity index is 1.35. The molecule has 1 saturated carbocycles. The van der Waals surface area contributed by atoms with Crippen LogP contribution in [0.25, 0.3) is 10.8 Å². The number of rotatable bonds is 20. The molecule has 0 spiro atoms. The molecule has 2 aliphatic heterocycles. The fraction of sp³-hybridized carbons (Fsp3) is 0.462. The van der Waals surface area contributed by atoms with Crippen molar-refractivity contribution in [3.05, 3.63) is 130 Å². The molecule has 2 heterocycles. The fourth-order valence-corrected chi connectivity index (χ4v) is 10.5. The Labute approximate surface area is 385 Å². The third-order valence-electron chi connectivity index (χ3n) is 13.4. The van der Waals surface area contributed by atoms with Crippen LogP contribution in [0.2, 0.25) is 0 Å². The highest BCUT2D eigenvalue weighted by Crippen LogP contribution is 2.62. The number of carbonyl (C=O) groups excluding carboxylic acids is 1. The summed E-state index contributed by atoms with van der Waals surface area (Å²) in [5.41, 5.74) is 3.20. The van der Waals surface area contributed by atoms with E-state index in [1.54, 1.807) is 36.1 Å². The first kappa shape index (κ1) is 46.7. The van der Waals surface area contributed by atoms with Gasteiger partial charge in [-0.05, 0) is 103 Å². The summed E-state index contributed by atoms with van der Waals surface area (Å²) < 4.78 is 32.9. The molecule has 2 fully saturated rings. The first-order valence-electron chi connectivity index (χ1n) is 23.5. The monoisotopic (exact) mass is 903 g/mol. The molecule has 1 amide bonds. The normalized spacial score (nSPS) is 24.9. The summed E-state index contributed by atoms with van der Waals surface area (Å²) in [7, 11) is 0. The van der Waals surface area contributed by atoms with Crippen molar-refractivity contribution in [1.82, 2.24) is 4.90 Å². The highest BCUT2D eigenvalue weighted by molar-refractivity contribution is 6.03. The molecule has 1 saturated heterocycles. The third-order valence-corrected chi connectivity index (χ3v) is 13.4. The Hall–Kier alpha value is -5.80. The number of aliphatic hydroxyl groups excluding tert-OH is 2. The van der Waals surface area contributed by atoms with Crippen molar-refractivity contribution in [2.24, 2.45) is 22.9 Å². The van der Waals surface area contributed by atoms with Crippen LogP contribution in [0.5, 0.6) is 17.2 Å². The first-order valence-corrected chi connectivity index (χ1v) is 23.5. The summed E-state index contributed by atoms with van der Waals surface area (Å²) in [6.07, 6.45) is 9.95. The number of unbranched alkanes of at least 4 members (excludes halogenated alkanes) is 2. The Kier molecular flexibility index (Phi) is 15.3. The molecule has 2 N–H and O–H groups in total. The number of nitrogens with zero attached hydrogens (tertiary/aromatic N) is 3. The maximum atomic E-state index is 14.8. The molecule has 7 unspecified atom stereocenters. The summed E-state index contributed by atoms with van der Waals surface area (Å²) in [6.45, 7) is 6.92. The van der Waals surface area contributed by atoms with Crippen molar-refractivity contribution in [2.45, 2.75) is 102 Å². The van der Waals surface area contributed by atoms with Crippen LogP contribution in [-0.4, -0.2) is 83.0 Å². The van der Waals surface area contributed by atoms with Gasteiger partial charge in [-0.25, -0.2) is 4.79 Å². The summed E-state index contributed by atoms with van der Waals surface area (Å²) >= 11 is 0. The van der Waals surface area contributed by atoms with Gasteiger partial charge in [0.15, 0.2) is 0 Å². The van der Waals surface area contributed by atoms with E-state index in [0.717, 1.165) is 66.0 Å². The van der Waals surface area contributed by atoms with E-state index in [9.17, 15) is 25.1 Å². The summed E-state index contributed by atoms with van der Waals surface area (Å²) in [5, 5.41) is 38.7. The van der Waals surface area contributed by atoms with Crippen LogP contribution in [0, 0.1) is 27.9 Å². The molecule has 66 heavy (non-hydrogen) atoms. The van der Waals surface area contributed by atoms with Crippen molar-refractivity contribution in [3.63, 3.8) is 0 Å². The quantitative estimate of drug-likeness (QED) is 0.0374. The van der Waals surface area contributed by atoms with Gasteiger partial charge in [-0.1, -0.05) is 78.7 Å². The Morgan fingerprint density at radius 2 is 1.77 bits per heavy atom. The van der Waals surface area contributed by atoms with E-state index in [0.29, 0.717) is 48.8 Å². The molecule has 2 aliphatic carbocycles. The molecule has 0 aromatic heterocycles. The van der Waals surface area contributed by atoms with Gasteiger partial charge in [-0.15, -0.1) is 6.58 Å². The van der Waals surface area contributed by atoms with Crippen LogP contribution in [-0.2, 0) is 25.6 Å². The molecular formula is C52H61N3O11. The average molecular weight is 904 g/mol. The molecule has 14 nitrogen and oxygen atoms in total. The minimum atomic E-state index is -1.52. The fourth-order valence-electron chi connectivity index (χ4n) is 10.5. The number of allylic oxidation sites excluding steroid dienone is 1. The molecule has 14 heteroatoms. The van der Waals surface area contributed by atoms with Crippen molar-refractivity contribution >= 4 is 28.3 Å². The van der Waals surface area contributed by atoms with Gasteiger partial charge in [0.1, 0.15) is 23.3 Å². The molecule has 4 aromatic rings. The molecular weight excluding hydrogens is 843 g/mol. The molecule has 4 aromatic carbocycles. The Bertz CT molecular complexity index is 2390. The summed E-state index contributed by atoms with van der Waals surface area (Å²) in [6, 6.07) is 25.0. The van der Waals surface area contributed by atoms with Crippen LogP contribution in [0.4, 0.5) is 10.5 Å². The van der Waals surface area contributed by atoms with E-state index >= 15 is 0 Å². The maximum absolute atomic E-state index is 14.8. The third kappa shape index (κ3) is 9.97. The van der Waals surface area contributed by atoms with Gasteiger partial charge in [-0.2, -0.15) is 0 Å². The second-order valence-electron chi connectivity index (χ2n) is 17.5. The Morgan fingerprint density at radius 3 is 2.55 bits per heavy atom. The molecule has 8 rings (SSSR count). The van der Waals surface area contributed by atoms with E-state index in [-0.39, 0.29) is 62.8 Å². The highest BCUT2D eigenvalue weighted by atomic mass is 16.8. The zero-order valence-corrected chi connectivity index (χ0v) is 37.6. The van der Waals surface area contributed by atoms with Crippen molar-refractivity contribution in [3.8, 4) is 17.2 Å². The van der Waals surface area contributed by atoms with Gasteiger partial charge in [0, 0.05) is 43.6 Å². The number of carbonyl (C=O) groups is 1. The lowest BCUT2D eigenvalue weighted by atomic mass is 9.55. The van der Waals surface area contributed by atoms with Crippen LogP contribution in [0.3, 0.4) is 0 Å². The highest BCUT2D eigenvalue weighted by Gasteiger charge is 2.66. The van der Waals surface area contributed by atoms with Gasteiger partial charge in [0.25, 0.3) is 5.69 Å². The van der Waals surface area contributed by atoms with Gasteiger partial charge in [0.2, 0.25) is 12.1 Å². The lowest BCUT2D eigenvalue weighted by molar-refractivity contribution is -0.384. The number of ether oxygens (including phenoxy) is 5. The zero-order valence-electron chi connectivity index (χ0n) is 37.6. The number of nitro groups is 1. The van der Waals surface area contributed by atoms with E-state index in [2.05, 4.69) is 18.7 Å². The predicted octanol–water partition coefficient (Wildman–Crippen LogP) is 10.4. The zero-order chi connectivity index (χ0) is 46.0. The van der Waals surface area contributed by atoms with Crippen molar-refractivity contribution < 1.29 is 48.5 Å². The summed E-state index contributed by atoms with van der Waals surface area (Å²) in [4.78, 5) is 34.1. The van der Waals surface area contributed by atoms with E-state index in [4.69, 9.17) is 33.7 Å². The van der Waals surface area contributed by atoms with Gasteiger partial charge in [0.05, 0.1) is 49.0 Å². The SMILES string of the molecule is C=CCOC12Oc3ccc(Oc4cccc([N+](=O)[O-])c4)cc3C3C(CCCCO)C(CCCCO)C=C(C(=NOC4CCCCO4)CC1N(Cc1cccc4ccccc14)C(=O)OCC)C32. The van der Waals surface area contributed by atoms with Crippen molar-refractivity contribution in [2.75, 3.05) is 33.0 Å². The number of hydrogen-bond donors (Lipinski definition) is 2. The topological polar surface area (TPSA) is 172 Å². The smallest absolute Gasteiger partial charge is 0.410 e. The van der Waals surface area contributed by atoms with Gasteiger partial charge >= 0.3 is 6.09 Å². The molecule has 4 aliphatic rings. The second-order valence-corrected chi connectivity index (χ2v) is 17.5. The second kappa shape index (κ2) is 21.7. The van der Waals surface area contributed by atoms with Crippen LogP contribution in [0.15, 0.2) is 114 Å². The number of benzene rings is 4. The molecule has 350 valence electrons. The number of aliphatic hydroxyl groups is 2. The number of fused-ring (bicyclic) bond motifs is 3. The van der Waals surface area contributed by atoms with E-state index < -0.39 is 35.1 Å².